The third kappa shape index (κ3) is 3.05. The molecule has 0 aliphatic carbocycles. The van der Waals surface area contributed by atoms with Crippen LogP contribution in [0.25, 0.3) is 0 Å². The molecule has 0 aliphatic rings. The Kier molecular flexibility index (Phi) is 4.15. The van der Waals surface area contributed by atoms with Crippen molar-refractivity contribution in [3.8, 4) is 11.6 Å². The molecule has 0 aliphatic heterocycles. The van der Waals surface area contributed by atoms with Crippen molar-refractivity contribution in [3.63, 3.8) is 0 Å². The molecule has 6 heteroatoms. The molecule has 0 spiro atoms. The van der Waals surface area contributed by atoms with Gasteiger partial charge in [0.1, 0.15) is 15.8 Å². The fourth-order valence-electron chi connectivity index (χ4n) is 1.14. The third-order valence-corrected chi connectivity index (χ3v) is 3.40. The minimum Gasteiger partial charge on any atom is -0.436 e. The molecule has 0 radical (unpaired) electrons. The number of hydrogen-bond acceptors (Lipinski definition) is 2. The van der Waals surface area contributed by atoms with Crippen molar-refractivity contribution in [2.24, 2.45) is 0 Å². The van der Waals surface area contributed by atoms with Crippen molar-refractivity contribution in [1.29, 1.82) is 0 Å². The van der Waals surface area contributed by atoms with E-state index in [2.05, 4.69) is 20.9 Å². The van der Waals surface area contributed by atoms with Crippen molar-refractivity contribution in [1.82, 2.24) is 4.98 Å². The monoisotopic (exact) mass is 351 g/mol. The van der Waals surface area contributed by atoms with Gasteiger partial charge in [0.15, 0.2) is 0 Å². The second kappa shape index (κ2) is 5.44. The number of nitrogens with zero attached hydrogens (tertiary/aromatic N) is 1. The molecule has 0 unspecified atom stereocenters. The molecule has 88 valence electrons. The topological polar surface area (TPSA) is 22.1 Å². The van der Waals surface area contributed by atoms with Crippen molar-refractivity contribution < 1.29 is 4.74 Å². The van der Waals surface area contributed by atoms with E-state index in [9.17, 15) is 0 Å². The normalized spacial score (nSPS) is 10.4. The van der Waals surface area contributed by atoms with Gasteiger partial charge >= 0.3 is 0 Å². The zero-order chi connectivity index (χ0) is 12.4. The van der Waals surface area contributed by atoms with Crippen molar-refractivity contribution in [2.75, 3.05) is 0 Å². The van der Waals surface area contributed by atoms with Crippen LogP contribution in [0.5, 0.6) is 11.6 Å². The van der Waals surface area contributed by atoms with Gasteiger partial charge in [-0.2, -0.15) is 0 Å². The van der Waals surface area contributed by atoms with Gasteiger partial charge in [0.05, 0.1) is 5.02 Å². The Balaban J connectivity index is 2.35. The quantitative estimate of drug-likeness (QED) is 0.701. The minimum atomic E-state index is 0.277. The van der Waals surface area contributed by atoms with Gasteiger partial charge in [-0.3, -0.25) is 0 Å². The summed E-state index contributed by atoms with van der Waals surface area (Å²) in [4.78, 5) is 4.04. The molecule has 0 N–H and O–H groups in total. The molecule has 2 nitrogen and oxygen atoms in total. The van der Waals surface area contributed by atoms with E-state index in [4.69, 9.17) is 39.5 Å². The van der Waals surface area contributed by atoms with Crippen LogP contribution in [-0.4, -0.2) is 4.98 Å². The lowest BCUT2D eigenvalue weighted by atomic mass is 10.3. The highest BCUT2D eigenvalue weighted by Crippen LogP contribution is 2.36. The van der Waals surface area contributed by atoms with Gasteiger partial charge in [0.2, 0.25) is 5.88 Å². The average molecular weight is 353 g/mol. The fourth-order valence-corrected chi connectivity index (χ4v) is 2.14. The van der Waals surface area contributed by atoms with E-state index in [0.29, 0.717) is 20.8 Å². The standard InChI is InChI=1S/C11H5BrCl3NO/c12-6-4-8(14)11(16-5-6)17-9-3-1-2-7(13)10(9)15/h1-5H. The molecular formula is C11H5BrCl3NO. The second-order valence-corrected chi connectivity index (χ2v) is 5.20. The van der Waals surface area contributed by atoms with E-state index in [1.165, 1.54) is 0 Å². The zero-order valence-electron chi connectivity index (χ0n) is 8.25. The van der Waals surface area contributed by atoms with Crippen molar-refractivity contribution in [3.05, 3.63) is 50.0 Å². The van der Waals surface area contributed by atoms with E-state index in [1.807, 2.05) is 0 Å². The molecule has 1 aromatic carbocycles. The van der Waals surface area contributed by atoms with Gasteiger partial charge < -0.3 is 4.74 Å². The molecule has 1 aromatic heterocycles. The Labute approximate surface area is 122 Å². The number of halogens is 4. The van der Waals surface area contributed by atoms with Crippen molar-refractivity contribution >= 4 is 50.7 Å². The Morgan fingerprint density at radius 1 is 1.12 bits per heavy atom. The molecule has 0 atom stereocenters. The number of aromatic nitrogens is 1. The first-order valence-corrected chi connectivity index (χ1v) is 6.43. The summed E-state index contributed by atoms with van der Waals surface area (Å²) in [5, 5.41) is 1.13. The lowest BCUT2D eigenvalue weighted by Crippen LogP contribution is -1.90. The molecule has 0 amide bonds. The zero-order valence-corrected chi connectivity index (χ0v) is 12.1. The van der Waals surface area contributed by atoms with E-state index in [1.54, 1.807) is 30.5 Å². The molecule has 0 bridgehead atoms. The highest BCUT2D eigenvalue weighted by atomic mass is 79.9. The molecular weight excluding hydrogens is 348 g/mol. The number of rotatable bonds is 2. The molecule has 0 fully saturated rings. The summed E-state index contributed by atoms with van der Waals surface area (Å²) in [7, 11) is 0. The molecule has 0 saturated carbocycles. The van der Waals surface area contributed by atoms with Gasteiger partial charge in [0, 0.05) is 10.7 Å². The maximum atomic E-state index is 5.99. The molecule has 2 rings (SSSR count). The van der Waals surface area contributed by atoms with E-state index >= 15 is 0 Å². The van der Waals surface area contributed by atoms with E-state index in [-0.39, 0.29) is 5.88 Å². The van der Waals surface area contributed by atoms with Crippen LogP contribution in [-0.2, 0) is 0 Å². The predicted octanol–water partition coefficient (Wildman–Crippen LogP) is 5.60. The van der Waals surface area contributed by atoms with Crippen LogP contribution in [0.1, 0.15) is 0 Å². The first-order chi connectivity index (χ1) is 8.08. The highest BCUT2D eigenvalue weighted by Gasteiger charge is 2.10. The van der Waals surface area contributed by atoms with Crippen LogP contribution in [0.3, 0.4) is 0 Å². The summed E-state index contributed by atoms with van der Waals surface area (Å²) in [5.41, 5.74) is 0. The maximum Gasteiger partial charge on any atom is 0.238 e. The number of pyridine rings is 1. The van der Waals surface area contributed by atoms with Gasteiger partial charge in [-0.15, -0.1) is 0 Å². The summed E-state index contributed by atoms with van der Waals surface area (Å²) in [5.74, 6) is 0.690. The SMILES string of the molecule is Clc1cc(Br)cnc1Oc1cccc(Cl)c1Cl. The van der Waals surface area contributed by atoms with Crippen LogP contribution in [0.15, 0.2) is 34.9 Å². The maximum absolute atomic E-state index is 5.99. The second-order valence-electron chi connectivity index (χ2n) is 3.09. The van der Waals surface area contributed by atoms with Crippen LogP contribution < -0.4 is 4.74 Å². The summed E-state index contributed by atoms with van der Waals surface area (Å²) in [6, 6.07) is 6.78. The van der Waals surface area contributed by atoms with Crippen molar-refractivity contribution in [2.45, 2.75) is 0 Å². The van der Waals surface area contributed by atoms with Crippen LogP contribution in [0.2, 0.25) is 15.1 Å². The Morgan fingerprint density at radius 3 is 2.59 bits per heavy atom. The van der Waals surface area contributed by atoms with E-state index < -0.39 is 0 Å². The summed E-state index contributed by atoms with van der Waals surface area (Å²) >= 11 is 21.1. The van der Waals surface area contributed by atoms with Crippen LogP contribution in [0, 0.1) is 0 Å². The largest absolute Gasteiger partial charge is 0.436 e. The molecule has 17 heavy (non-hydrogen) atoms. The number of ether oxygens (including phenoxy) is 1. The van der Waals surface area contributed by atoms with Gasteiger partial charge in [-0.05, 0) is 34.1 Å². The smallest absolute Gasteiger partial charge is 0.238 e. The van der Waals surface area contributed by atoms with Crippen LogP contribution >= 0.6 is 50.7 Å². The molecule has 0 saturated heterocycles. The summed E-state index contributed by atoms with van der Waals surface area (Å²) in [6.07, 6.45) is 1.58. The summed E-state index contributed by atoms with van der Waals surface area (Å²) in [6.45, 7) is 0. The fraction of sp³-hybridized carbons (Fsp3) is 0. The Bertz CT molecular complexity index is 562. The van der Waals surface area contributed by atoms with E-state index in [0.717, 1.165) is 4.47 Å². The first-order valence-electron chi connectivity index (χ1n) is 4.51. The Hall–Kier alpha value is -0.480. The lowest BCUT2D eigenvalue weighted by molar-refractivity contribution is 0.463. The van der Waals surface area contributed by atoms with Gasteiger partial charge in [-0.25, -0.2) is 4.98 Å². The third-order valence-electron chi connectivity index (χ3n) is 1.90. The first kappa shape index (κ1) is 13.0. The lowest BCUT2D eigenvalue weighted by Gasteiger charge is -2.08. The highest BCUT2D eigenvalue weighted by molar-refractivity contribution is 9.10. The average Bonchev–Trinajstić information content (AvgIpc) is 2.28. The van der Waals surface area contributed by atoms with Crippen LogP contribution in [0.4, 0.5) is 0 Å². The Morgan fingerprint density at radius 2 is 1.88 bits per heavy atom. The predicted molar refractivity (Wildman–Crippen MR) is 73.5 cm³/mol. The summed E-state index contributed by atoms with van der Waals surface area (Å²) < 4.78 is 6.27. The number of hydrogen-bond donors (Lipinski definition) is 0. The van der Waals surface area contributed by atoms with Gasteiger partial charge in [-0.1, -0.05) is 40.9 Å². The molecule has 2 aromatic rings. The molecule has 1 heterocycles. The number of benzene rings is 1. The van der Waals surface area contributed by atoms with Gasteiger partial charge in [0.25, 0.3) is 0 Å². The minimum absolute atomic E-state index is 0.277.